The van der Waals surface area contributed by atoms with Crippen LogP contribution in [0.4, 0.5) is 4.79 Å². The van der Waals surface area contributed by atoms with E-state index >= 15 is 0 Å². The van der Waals surface area contributed by atoms with E-state index in [2.05, 4.69) is 20.6 Å². The molecule has 2 aliphatic rings. The van der Waals surface area contributed by atoms with E-state index in [-0.39, 0.29) is 40.9 Å². The monoisotopic (exact) mass is 575 g/mol. The quantitative estimate of drug-likeness (QED) is 0.236. The van der Waals surface area contributed by atoms with Gasteiger partial charge in [-0.1, -0.05) is 30.0 Å². The topological polar surface area (TPSA) is 174 Å². The maximum absolute atomic E-state index is 13.1. The molecule has 3 heterocycles. The number of para-hydroxylation sites is 1. The van der Waals surface area contributed by atoms with Gasteiger partial charge in [0.25, 0.3) is 5.24 Å². The van der Waals surface area contributed by atoms with Crippen LogP contribution in [0.5, 0.6) is 5.75 Å². The molecule has 2 amide bonds. The molecule has 2 fully saturated rings. The number of aromatic nitrogens is 2. The summed E-state index contributed by atoms with van der Waals surface area (Å²) < 4.78 is 33.4. The van der Waals surface area contributed by atoms with Gasteiger partial charge in [-0.3, -0.25) is 14.9 Å². The van der Waals surface area contributed by atoms with E-state index in [9.17, 15) is 27.9 Å². The first kappa shape index (κ1) is 27.4. The van der Waals surface area contributed by atoms with Crippen molar-refractivity contribution in [2.75, 3.05) is 26.2 Å². The highest BCUT2D eigenvalue weighted by Crippen LogP contribution is 2.25. The number of carbonyl (C=O) groups excluding carboxylic acids is 2. The van der Waals surface area contributed by atoms with Crippen molar-refractivity contribution in [3.05, 3.63) is 58.5 Å². The summed E-state index contributed by atoms with van der Waals surface area (Å²) in [6.45, 7) is 1.00. The molecule has 2 aromatic carbocycles. The molecule has 14 heteroatoms. The first-order chi connectivity index (χ1) is 18.7. The van der Waals surface area contributed by atoms with Crippen molar-refractivity contribution in [2.24, 2.45) is 0 Å². The van der Waals surface area contributed by atoms with Gasteiger partial charge in [-0.25, -0.2) is 13.2 Å². The Morgan fingerprint density at radius 3 is 2.51 bits per heavy atom. The lowest BCUT2D eigenvalue weighted by Gasteiger charge is -2.32. The maximum atomic E-state index is 13.1. The number of imidazole rings is 1. The van der Waals surface area contributed by atoms with Crippen LogP contribution in [0.2, 0.25) is 0 Å². The number of imide groups is 1. The van der Waals surface area contributed by atoms with Gasteiger partial charge < -0.3 is 25.1 Å². The minimum Gasteiger partial charge on any atom is -0.489 e. The van der Waals surface area contributed by atoms with E-state index in [1.807, 2.05) is 0 Å². The number of fused-ring (bicyclic) bond motifs is 1. The van der Waals surface area contributed by atoms with E-state index in [4.69, 9.17) is 4.74 Å². The number of nitrogens with zero attached hydrogens (tertiary/aromatic N) is 1. The third-order valence-electron chi connectivity index (χ3n) is 6.79. The van der Waals surface area contributed by atoms with Crippen molar-refractivity contribution in [1.82, 2.24) is 24.9 Å². The SMILES string of the molecule is O=C1NC(=O)C(Cc2ccc(S(=O)(=O)N3CCC(NCC(O)COc4cccc5[nH]c(=O)[nH]c45)CC3)cc2)S1. The number of aromatic amines is 2. The second-order valence-electron chi connectivity index (χ2n) is 9.54. The van der Waals surface area contributed by atoms with Crippen LogP contribution >= 0.6 is 11.8 Å². The molecule has 2 atom stereocenters. The van der Waals surface area contributed by atoms with Crippen LogP contribution in [-0.2, 0) is 21.2 Å². The molecule has 1 aromatic heterocycles. The van der Waals surface area contributed by atoms with Crippen LogP contribution in [0.1, 0.15) is 18.4 Å². The zero-order chi connectivity index (χ0) is 27.6. The number of rotatable bonds is 10. The molecule has 0 spiro atoms. The number of hydrogen-bond acceptors (Lipinski definition) is 9. The highest BCUT2D eigenvalue weighted by atomic mass is 32.2. The number of aliphatic hydroxyl groups excluding tert-OH is 1. The number of ether oxygens (including phenoxy) is 1. The van der Waals surface area contributed by atoms with E-state index in [1.165, 1.54) is 16.4 Å². The van der Waals surface area contributed by atoms with E-state index in [0.29, 0.717) is 49.1 Å². The van der Waals surface area contributed by atoms with Crippen molar-refractivity contribution in [3.8, 4) is 5.75 Å². The Balaban J connectivity index is 1.07. The van der Waals surface area contributed by atoms with Crippen LogP contribution in [0, 0.1) is 0 Å². The van der Waals surface area contributed by atoms with Gasteiger partial charge in [-0.2, -0.15) is 4.31 Å². The molecule has 0 bridgehead atoms. The zero-order valence-corrected chi connectivity index (χ0v) is 22.5. The lowest BCUT2D eigenvalue weighted by molar-refractivity contribution is -0.118. The molecule has 39 heavy (non-hydrogen) atoms. The van der Waals surface area contributed by atoms with Crippen molar-refractivity contribution in [2.45, 2.75) is 41.6 Å². The Labute approximate surface area is 228 Å². The molecule has 0 aliphatic carbocycles. The molecule has 5 rings (SSSR count). The summed E-state index contributed by atoms with van der Waals surface area (Å²) in [5, 5.41) is 15.0. The highest BCUT2D eigenvalue weighted by Gasteiger charge is 2.32. The van der Waals surface area contributed by atoms with Crippen molar-refractivity contribution < 1.29 is 27.9 Å². The van der Waals surface area contributed by atoms with Gasteiger partial charge in [0.1, 0.15) is 24.0 Å². The van der Waals surface area contributed by atoms with Crippen molar-refractivity contribution in [3.63, 3.8) is 0 Å². The number of thioether (sulfide) groups is 1. The summed E-state index contributed by atoms with van der Waals surface area (Å²) in [5.74, 6) is 0.139. The number of aliphatic hydroxyl groups is 1. The number of sulfonamides is 1. The largest absolute Gasteiger partial charge is 0.489 e. The lowest BCUT2D eigenvalue weighted by atomic mass is 10.1. The van der Waals surface area contributed by atoms with Crippen LogP contribution < -0.4 is 21.1 Å². The molecule has 0 saturated carbocycles. The minimum atomic E-state index is -3.67. The smallest absolute Gasteiger partial charge is 0.323 e. The molecular weight excluding hydrogens is 546 g/mol. The Hall–Kier alpha value is -3.17. The average molecular weight is 576 g/mol. The van der Waals surface area contributed by atoms with Gasteiger partial charge in [0.15, 0.2) is 0 Å². The number of nitrogens with one attached hydrogen (secondary N) is 4. The van der Waals surface area contributed by atoms with Gasteiger partial charge in [0.2, 0.25) is 15.9 Å². The van der Waals surface area contributed by atoms with Crippen molar-refractivity contribution in [1.29, 1.82) is 0 Å². The van der Waals surface area contributed by atoms with Gasteiger partial charge in [0, 0.05) is 25.7 Å². The van der Waals surface area contributed by atoms with Crippen LogP contribution in [0.15, 0.2) is 52.2 Å². The summed E-state index contributed by atoms with van der Waals surface area (Å²) in [5.41, 5.74) is 1.61. The standard InChI is InChI=1S/C25H29N5O7S2/c31-17(14-37-20-3-1-2-19-22(20)28-24(33)27-19)13-26-16-8-10-30(11-9-16)39(35,36)18-6-4-15(5-7-18)12-21-23(32)29-25(34)38-21/h1-7,16-17,21,26,31H,8-14H2,(H2,27,28,33)(H,29,32,34). The summed E-state index contributed by atoms with van der Waals surface area (Å²) in [6, 6.07) is 11.7. The fourth-order valence-electron chi connectivity index (χ4n) is 4.69. The fraction of sp³-hybridized carbons (Fsp3) is 0.400. The number of hydrogen-bond donors (Lipinski definition) is 5. The molecule has 0 radical (unpaired) electrons. The number of carbonyl (C=O) groups is 2. The first-order valence-corrected chi connectivity index (χ1v) is 14.9. The number of amides is 2. The van der Waals surface area contributed by atoms with Crippen molar-refractivity contribution >= 4 is 44.0 Å². The first-order valence-electron chi connectivity index (χ1n) is 12.5. The van der Waals surface area contributed by atoms with Crippen LogP contribution in [0.3, 0.4) is 0 Å². The summed E-state index contributed by atoms with van der Waals surface area (Å²) >= 11 is 0.942. The van der Waals surface area contributed by atoms with E-state index < -0.39 is 21.4 Å². The molecule has 2 unspecified atom stereocenters. The summed E-state index contributed by atoms with van der Waals surface area (Å²) in [4.78, 5) is 40.2. The Morgan fingerprint density at radius 2 is 1.82 bits per heavy atom. The Kier molecular flexibility index (Phi) is 8.09. The highest BCUT2D eigenvalue weighted by molar-refractivity contribution is 8.15. The van der Waals surface area contributed by atoms with E-state index in [0.717, 1.165) is 17.3 Å². The second-order valence-corrected chi connectivity index (χ2v) is 12.7. The fourth-order valence-corrected chi connectivity index (χ4v) is 7.02. The average Bonchev–Trinajstić information content (AvgIpc) is 3.46. The summed E-state index contributed by atoms with van der Waals surface area (Å²) in [7, 11) is -3.67. The zero-order valence-electron chi connectivity index (χ0n) is 20.9. The predicted molar refractivity (Wildman–Crippen MR) is 145 cm³/mol. The normalized spacial score (nSPS) is 19.9. The molecule has 3 aromatic rings. The third-order valence-corrected chi connectivity index (χ3v) is 9.68. The number of piperidine rings is 1. The molecule has 2 saturated heterocycles. The van der Waals surface area contributed by atoms with Gasteiger partial charge in [-0.15, -0.1) is 0 Å². The predicted octanol–water partition coefficient (Wildman–Crippen LogP) is 0.933. The Bertz CT molecular complexity index is 1510. The molecular formula is C25H29N5O7S2. The summed E-state index contributed by atoms with van der Waals surface area (Å²) in [6.07, 6.45) is 0.740. The lowest BCUT2D eigenvalue weighted by Crippen LogP contribution is -2.47. The third kappa shape index (κ3) is 6.36. The van der Waals surface area contributed by atoms with E-state index in [1.54, 1.807) is 30.3 Å². The molecule has 5 N–H and O–H groups in total. The van der Waals surface area contributed by atoms with Gasteiger partial charge >= 0.3 is 5.69 Å². The molecule has 2 aliphatic heterocycles. The number of benzene rings is 2. The minimum absolute atomic E-state index is 0.0307. The maximum Gasteiger partial charge on any atom is 0.323 e. The second kappa shape index (κ2) is 11.5. The van der Waals surface area contributed by atoms with Gasteiger partial charge in [-0.05, 0) is 49.1 Å². The molecule has 208 valence electrons. The molecule has 12 nitrogen and oxygen atoms in total. The number of H-pyrrole nitrogens is 2. The Morgan fingerprint density at radius 1 is 1.08 bits per heavy atom. The van der Waals surface area contributed by atoms with Crippen LogP contribution in [-0.4, -0.2) is 82.6 Å². The van der Waals surface area contributed by atoms with Gasteiger partial charge in [0.05, 0.1) is 15.7 Å². The van der Waals surface area contributed by atoms with Crippen LogP contribution in [0.25, 0.3) is 11.0 Å².